The molecular formula is C10H15NO2. The van der Waals surface area contributed by atoms with Crippen LogP contribution in [0.1, 0.15) is 23.6 Å². The summed E-state index contributed by atoms with van der Waals surface area (Å²) in [6.07, 6.45) is 0.471. The Morgan fingerprint density at radius 2 is 2.15 bits per heavy atom. The molecule has 0 amide bonds. The number of phenolic OH excluding ortho intramolecular Hbond substituents is 1. The Kier molecular flexibility index (Phi) is 3.28. The maximum atomic E-state index is 9.53. The molecule has 0 radical (unpaired) electrons. The molecule has 0 bridgehead atoms. The Labute approximate surface area is 77.8 Å². The van der Waals surface area contributed by atoms with Gasteiger partial charge < -0.3 is 15.9 Å². The molecule has 0 spiro atoms. The molecule has 3 heteroatoms. The number of benzene rings is 1. The molecule has 3 nitrogen and oxygen atoms in total. The van der Waals surface area contributed by atoms with Crippen LogP contribution in [0.4, 0.5) is 0 Å². The van der Waals surface area contributed by atoms with Gasteiger partial charge in [-0.3, -0.25) is 0 Å². The van der Waals surface area contributed by atoms with Crippen molar-refractivity contribution >= 4 is 0 Å². The Bertz CT molecular complexity index is 266. The number of nitrogens with two attached hydrogens (primary N) is 1. The predicted molar refractivity (Wildman–Crippen MR) is 51.5 cm³/mol. The van der Waals surface area contributed by atoms with Crippen LogP contribution < -0.4 is 5.73 Å². The number of aliphatic hydroxyl groups excluding tert-OH is 1. The molecule has 0 aromatic heterocycles. The quantitative estimate of drug-likeness (QED) is 0.653. The third-order valence-corrected chi connectivity index (χ3v) is 2.11. The van der Waals surface area contributed by atoms with E-state index in [1.807, 2.05) is 13.0 Å². The highest BCUT2D eigenvalue weighted by atomic mass is 16.3. The summed E-state index contributed by atoms with van der Waals surface area (Å²) in [6.45, 7) is 1.93. The van der Waals surface area contributed by atoms with Crippen molar-refractivity contribution in [2.75, 3.05) is 6.61 Å². The van der Waals surface area contributed by atoms with Crippen molar-refractivity contribution in [3.8, 4) is 5.75 Å². The molecule has 4 N–H and O–H groups in total. The van der Waals surface area contributed by atoms with E-state index in [4.69, 9.17) is 10.8 Å². The molecule has 72 valence electrons. The molecule has 0 saturated heterocycles. The average Bonchev–Trinajstić information content (AvgIpc) is 2.04. The minimum absolute atomic E-state index is 0.0366. The van der Waals surface area contributed by atoms with Crippen molar-refractivity contribution in [3.05, 3.63) is 29.3 Å². The van der Waals surface area contributed by atoms with Crippen LogP contribution in [0.25, 0.3) is 0 Å². The topological polar surface area (TPSA) is 66.5 Å². The third kappa shape index (κ3) is 2.20. The van der Waals surface area contributed by atoms with Crippen LogP contribution >= 0.6 is 0 Å². The standard InChI is InChI=1S/C10H15NO2/c1-7-3-2-4-9(13)10(7)8(11)5-6-12/h2-4,8,12-13H,5-6,11H2,1H3/t8-/m0/s1. The normalized spacial score (nSPS) is 12.8. The molecule has 0 fully saturated rings. The maximum absolute atomic E-state index is 9.53. The van der Waals surface area contributed by atoms with Crippen LogP contribution in [0.5, 0.6) is 5.75 Å². The van der Waals surface area contributed by atoms with E-state index in [0.29, 0.717) is 6.42 Å². The number of aromatic hydroxyl groups is 1. The zero-order chi connectivity index (χ0) is 9.84. The predicted octanol–water partition coefficient (Wildman–Crippen LogP) is 1.08. The first-order valence-corrected chi connectivity index (χ1v) is 4.31. The number of rotatable bonds is 3. The fourth-order valence-corrected chi connectivity index (χ4v) is 1.43. The molecule has 13 heavy (non-hydrogen) atoms. The van der Waals surface area contributed by atoms with Gasteiger partial charge in [0.2, 0.25) is 0 Å². The molecule has 0 saturated carbocycles. The highest BCUT2D eigenvalue weighted by molar-refractivity contribution is 5.40. The van der Waals surface area contributed by atoms with Crippen LogP contribution in [0.15, 0.2) is 18.2 Å². The van der Waals surface area contributed by atoms with Crippen molar-refractivity contribution in [2.45, 2.75) is 19.4 Å². The second-order valence-corrected chi connectivity index (χ2v) is 3.13. The molecule has 1 aromatic rings. The highest BCUT2D eigenvalue weighted by Crippen LogP contribution is 2.27. The number of phenols is 1. The second-order valence-electron chi connectivity index (χ2n) is 3.13. The Hall–Kier alpha value is -1.06. The van der Waals surface area contributed by atoms with E-state index < -0.39 is 0 Å². The van der Waals surface area contributed by atoms with E-state index in [1.165, 1.54) is 0 Å². The summed E-state index contributed by atoms with van der Waals surface area (Å²) in [5.41, 5.74) is 7.48. The Morgan fingerprint density at radius 3 is 2.69 bits per heavy atom. The maximum Gasteiger partial charge on any atom is 0.120 e. The van der Waals surface area contributed by atoms with Crippen LogP contribution in [0, 0.1) is 6.92 Å². The van der Waals surface area contributed by atoms with Crippen molar-refractivity contribution in [3.63, 3.8) is 0 Å². The fraction of sp³-hybridized carbons (Fsp3) is 0.400. The monoisotopic (exact) mass is 181 g/mol. The van der Waals surface area contributed by atoms with Crippen molar-refractivity contribution in [2.24, 2.45) is 5.73 Å². The van der Waals surface area contributed by atoms with E-state index >= 15 is 0 Å². The van der Waals surface area contributed by atoms with Gasteiger partial charge in [0, 0.05) is 18.2 Å². The van der Waals surface area contributed by atoms with Gasteiger partial charge in [0.15, 0.2) is 0 Å². The lowest BCUT2D eigenvalue weighted by atomic mass is 9.99. The molecule has 0 aliphatic carbocycles. The van der Waals surface area contributed by atoms with Gasteiger partial charge in [-0.25, -0.2) is 0 Å². The highest BCUT2D eigenvalue weighted by Gasteiger charge is 2.12. The van der Waals surface area contributed by atoms with Crippen LogP contribution in [0.3, 0.4) is 0 Å². The fourth-order valence-electron chi connectivity index (χ4n) is 1.43. The van der Waals surface area contributed by atoms with E-state index in [-0.39, 0.29) is 18.4 Å². The zero-order valence-electron chi connectivity index (χ0n) is 7.70. The summed E-state index contributed by atoms with van der Waals surface area (Å²) in [7, 11) is 0. The lowest BCUT2D eigenvalue weighted by Crippen LogP contribution is -2.13. The number of hydrogen-bond acceptors (Lipinski definition) is 3. The molecule has 0 heterocycles. The summed E-state index contributed by atoms with van der Waals surface area (Å²) in [4.78, 5) is 0. The summed E-state index contributed by atoms with van der Waals surface area (Å²) in [6, 6.07) is 5.00. The SMILES string of the molecule is Cc1cccc(O)c1[C@@H](N)CCO. The summed E-state index contributed by atoms with van der Waals surface area (Å²) < 4.78 is 0. The van der Waals surface area contributed by atoms with Crippen molar-refractivity contribution in [1.29, 1.82) is 0 Å². The minimum atomic E-state index is -0.286. The van der Waals surface area contributed by atoms with Gasteiger partial charge in [-0.1, -0.05) is 12.1 Å². The van der Waals surface area contributed by atoms with Crippen molar-refractivity contribution < 1.29 is 10.2 Å². The Balaban J connectivity index is 2.98. The first-order valence-electron chi connectivity index (χ1n) is 4.31. The van der Waals surface area contributed by atoms with Gasteiger partial charge >= 0.3 is 0 Å². The molecule has 0 unspecified atom stereocenters. The lowest BCUT2D eigenvalue weighted by molar-refractivity contribution is 0.275. The minimum Gasteiger partial charge on any atom is -0.508 e. The molecule has 1 rings (SSSR count). The van der Waals surface area contributed by atoms with Gasteiger partial charge in [0.05, 0.1) is 0 Å². The first kappa shape index (κ1) is 10.0. The van der Waals surface area contributed by atoms with Gasteiger partial charge in [-0.2, -0.15) is 0 Å². The largest absolute Gasteiger partial charge is 0.508 e. The first-order chi connectivity index (χ1) is 6.16. The summed E-state index contributed by atoms with van der Waals surface area (Å²) in [5.74, 6) is 0.209. The van der Waals surface area contributed by atoms with Gasteiger partial charge in [-0.15, -0.1) is 0 Å². The lowest BCUT2D eigenvalue weighted by Gasteiger charge is -2.14. The van der Waals surface area contributed by atoms with Gasteiger partial charge in [0.25, 0.3) is 0 Å². The van der Waals surface area contributed by atoms with E-state index in [2.05, 4.69) is 0 Å². The smallest absolute Gasteiger partial charge is 0.120 e. The number of aliphatic hydroxyl groups is 1. The van der Waals surface area contributed by atoms with E-state index in [0.717, 1.165) is 11.1 Å². The van der Waals surface area contributed by atoms with Crippen molar-refractivity contribution in [1.82, 2.24) is 0 Å². The molecule has 0 aliphatic heterocycles. The summed E-state index contributed by atoms with van der Waals surface area (Å²) in [5, 5.41) is 18.2. The zero-order valence-corrected chi connectivity index (χ0v) is 7.70. The average molecular weight is 181 g/mol. The molecule has 0 aliphatic rings. The van der Waals surface area contributed by atoms with Gasteiger partial charge in [-0.05, 0) is 25.0 Å². The van der Waals surface area contributed by atoms with Crippen LogP contribution in [0.2, 0.25) is 0 Å². The molecule has 1 aromatic carbocycles. The molecular weight excluding hydrogens is 166 g/mol. The van der Waals surface area contributed by atoms with Gasteiger partial charge in [0.1, 0.15) is 5.75 Å². The summed E-state index contributed by atoms with van der Waals surface area (Å²) >= 11 is 0. The van der Waals surface area contributed by atoms with Crippen LogP contribution in [-0.4, -0.2) is 16.8 Å². The number of aryl methyl sites for hydroxylation is 1. The number of hydrogen-bond donors (Lipinski definition) is 3. The second kappa shape index (κ2) is 4.25. The van der Waals surface area contributed by atoms with E-state index in [9.17, 15) is 5.11 Å². The van der Waals surface area contributed by atoms with E-state index in [1.54, 1.807) is 12.1 Å². The Morgan fingerprint density at radius 1 is 1.46 bits per heavy atom. The third-order valence-electron chi connectivity index (χ3n) is 2.11. The molecule has 1 atom stereocenters. The van der Waals surface area contributed by atoms with Crippen LogP contribution in [-0.2, 0) is 0 Å².